The SMILES string of the molecule is COC(=O)c1sc(NC(=O)[C@H](C)c2cc(C)oc2C)nc1C. The van der Waals surface area contributed by atoms with Crippen molar-refractivity contribution in [1.29, 1.82) is 0 Å². The largest absolute Gasteiger partial charge is 0.466 e. The van der Waals surface area contributed by atoms with Crippen LogP contribution in [0.4, 0.5) is 5.13 Å². The van der Waals surface area contributed by atoms with Crippen molar-refractivity contribution in [3.8, 4) is 0 Å². The second-order valence-electron chi connectivity index (χ2n) is 5.00. The van der Waals surface area contributed by atoms with Crippen molar-refractivity contribution in [2.24, 2.45) is 0 Å². The van der Waals surface area contributed by atoms with Crippen LogP contribution in [0.1, 0.15) is 45.3 Å². The van der Waals surface area contributed by atoms with Gasteiger partial charge >= 0.3 is 5.97 Å². The Kier molecular flexibility index (Phi) is 4.65. The van der Waals surface area contributed by atoms with Gasteiger partial charge in [0.15, 0.2) is 5.13 Å². The molecule has 0 aliphatic rings. The average Bonchev–Trinajstić information content (AvgIpc) is 2.99. The minimum atomic E-state index is -0.454. The van der Waals surface area contributed by atoms with Gasteiger partial charge in [-0.15, -0.1) is 0 Å². The minimum absolute atomic E-state index is 0.200. The summed E-state index contributed by atoms with van der Waals surface area (Å²) in [6, 6.07) is 1.85. The summed E-state index contributed by atoms with van der Waals surface area (Å²) in [5, 5.41) is 3.12. The Morgan fingerprint density at radius 2 is 2.05 bits per heavy atom. The van der Waals surface area contributed by atoms with Gasteiger partial charge in [-0.05, 0) is 33.8 Å². The van der Waals surface area contributed by atoms with E-state index >= 15 is 0 Å². The summed E-state index contributed by atoms with van der Waals surface area (Å²) in [7, 11) is 1.31. The predicted octanol–water partition coefficient (Wildman–Crippen LogP) is 3.19. The third kappa shape index (κ3) is 3.19. The highest BCUT2D eigenvalue weighted by Gasteiger charge is 2.22. The van der Waals surface area contributed by atoms with E-state index in [4.69, 9.17) is 4.42 Å². The van der Waals surface area contributed by atoms with Gasteiger partial charge in [0, 0.05) is 5.56 Å². The standard InChI is InChI=1S/C15H18N2O4S/c1-7-6-11(10(4)21-7)8(2)13(18)17-15-16-9(3)12(22-15)14(19)20-5/h6,8H,1-5H3,(H,16,17,18)/t8-/m1/s1. The second kappa shape index (κ2) is 6.31. The van der Waals surface area contributed by atoms with E-state index in [9.17, 15) is 9.59 Å². The van der Waals surface area contributed by atoms with Crippen LogP contribution in [0.5, 0.6) is 0 Å². The van der Waals surface area contributed by atoms with Crippen LogP contribution in [0, 0.1) is 20.8 Å². The number of esters is 1. The minimum Gasteiger partial charge on any atom is -0.466 e. The molecule has 1 N–H and O–H groups in total. The molecule has 0 unspecified atom stereocenters. The normalized spacial score (nSPS) is 12.0. The fraction of sp³-hybridized carbons (Fsp3) is 0.400. The van der Waals surface area contributed by atoms with E-state index < -0.39 is 5.97 Å². The topological polar surface area (TPSA) is 81.4 Å². The van der Waals surface area contributed by atoms with Crippen LogP contribution in [0.2, 0.25) is 0 Å². The molecule has 2 heterocycles. The Hall–Kier alpha value is -2.15. The molecule has 1 atom stereocenters. The van der Waals surface area contributed by atoms with Crippen LogP contribution < -0.4 is 5.32 Å². The number of amides is 1. The zero-order valence-electron chi connectivity index (χ0n) is 13.1. The van der Waals surface area contributed by atoms with Crippen LogP contribution in [-0.2, 0) is 9.53 Å². The molecule has 7 heteroatoms. The highest BCUT2D eigenvalue weighted by Crippen LogP contribution is 2.27. The summed E-state index contributed by atoms with van der Waals surface area (Å²) in [5.74, 6) is 0.470. The molecule has 0 aromatic carbocycles. The van der Waals surface area contributed by atoms with Gasteiger partial charge < -0.3 is 14.5 Å². The van der Waals surface area contributed by atoms with Crippen molar-refractivity contribution in [2.75, 3.05) is 12.4 Å². The van der Waals surface area contributed by atoms with Crippen LogP contribution in [0.15, 0.2) is 10.5 Å². The number of carbonyl (C=O) groups excluding carboxylic acids is 2. The lowest BCUT2D eigenvalue weighted by molar-refractivity contribution is -0.117. The number of hydrogen-bond donors (Lipinski definition) is 1. The first-order valence-corrected chi connectivity index (χ1v) is 7.58. The molecule has 6 nitrogen and oxygen atoms in total. The summed E-state index contributed by atoms with van der Waals surface area (Å²) in [5.41, 5.74) is 1.38. The molecule has 2 rings (SSSR count). The van der Waals surface area contributed by atoms with Crippen molar-refractivity contribution >= 4 is 28.3 Å². The number of aryl methyl sites for hydroxylation is 3. The maximum atomic E-state index is 12.3. The van der Waals surface area contributed by atoms with Gasteiger partial charge in [-0.2, -0.15) is 0 Å². The summed E-state index contributed by atoms with van der Waals surface area (Å²) in [6.07, 6.45) is 0. The monoisotopic (exact) mass is 322 g/mol. The van der Waals surface area contributed by atoms with Gasteiger partial charge in [0.05, 0.1) is 18.7 Å². The van der Waals surface area contributed by atoms with Gasteiger partial charge in [0.25, 0.3) is 0 Å². The molecule has 0 saturated heterocycles. The van der Waals surface area contributed by atoms with Gasteiger partial charge in [-0.25, -0.2) is 9.78 Å². The number of hydrogen-bond acceptors (Lipinski definition) is 6. The number of anilines is 1. The lowest BCUT2D eigenvalue weighted by Crippen LogP contribution is -2.18. The molecule has 0 fully saturated rings. The molecule has 22 heavy (non-hydrogen) atoms. The average molecular weight is 322 g/mol. The Morgan fingerprint density at radius 3 is 2.59 bits per heavy atom. The van der Waals surface area contributed by atoms with Crippen molar-refractivity contribution in [2.45, 2.75) is 33.6 Å². The number of rotatable bonds is 4. The van der Waals surface area contributed by atoms with E-state index in [1.54, 1.807) is 13.8 Å². The number of furan rings is 1. The number of carbonyl (C=O) groups is 2. The third-order valence-electron chi connectivity index (χ3n) is 3.34. The highest BCUT2D eigenvalue weighted by molar-refractivity contribution is 7.17. The number of methoxy groups -OCH3 is 1. The molecule has 2 aromatic heterocycles. The molecular weight excluding hydrogens is 304 g/mol. The summed E-state index contributed by atoms with van der Waals surface area (Å²) in [4.78, 5) is 28.5. The molecule has 2 aromatic rings. The number of ether oxygens (including phenoxy) is 1. The first-order chi connectivity index (χ1) is 10.3. The van der Waals surface area contributed by atoms with Gasteiger partial charge in [-0.3, -0.25) is 4.79 Å². The number of nitrogens with zero attached hydrogens (tertiary/aromatic N) is 1. The number of aromatic nitrogens is 1. The molecule has 0 spiro atoms. The molecular formula is C15H18N2O4S. The number of thiazole rings is 1. The number of nitrogens with one attached hydrogen (secondary N) is 1. The van der Waals surface area contributed by atoms with Crippen molar-refractivity contribution in [1.82, 2.24) is 4.98 Å². The molecule has 0 bridgehead atoms. The van der Waals surface area contributed by atoms with Gasteiger partial charge in [0.1, 0.15) is 16.4 Å². The second-order valence-corrected chi connectivity index (χ2v) is 6.00. The highest BCUT2D eigenvalue weighted by atomic mass is 32.1. The van der Waals surface area contributed by atoms with E-state index in [1.165, 1.54) is 7.11 Å². The zero-order valence-corrected chi connectivity index (χ0v) is 14.0. The van der Waals surface area contributed by atoms with Crippen molar-refractivity contribution < 1.29 is 18.7 Å². The summed E-state index contributed by atoms with van der Waals surface area (Å²) in [6.45, 7) is 7.17. The lowest BCUT2D eigenvalue weighted by Gasteiger charge is -2.09. The van der Waals surface area contributed by atoms with Crippen LogP contribution in [-0.4, -0.2) is 24.0 Å². The fourth-order valence-electron chi connectivity index (χ4n) is 2.17. The Balaban J connectivity index is 2.15. The first kappa shape index (κ1) is 16.2. The van der Waals surface area contributed by atoms with Crippen molar-refractivity contribution in [3.05, 3.63) is 33.7 Å². The summed E-state index contributed by atoms with van der Waals surface area (Å²) >= 11 is 1.10. The van der Waals surface area contributed by atoms with Gasteiger partial charge in [0.2, 0.25) is 5.91 Å². The molecule has 0 radical (unpaired) electrons. The van der Waals surface area contributed by atoms with Crippen molar-refractivity contribution in [3.63, 3.8) is 0 Å². The molecule has 118 valence electrons. The maximum absolute atomic E-state index is 12.3. The smallest absolute Gasteiger partial charge is 0.350 e. The van der Waals surface area contributed by atoms with Gasteiger partial charge in [-0.1, -0.05) is 11.3 Å². The fourth-order valence-corrected chi connectivity index (χ4v) is 3.05. The maximum Gasteiger partial charge on any atom is 0.350 e. The molecule has 0 aliphatic heterocycles. The van der Waals surface area contributed by atoms with E-state index in [0.717, 1.165) is 28.4 Å². The molecule has 0 aliphatic carbocycles. The van der Waals surface area contributed by atoms with E-state index in [0.29, 0.717) is 15.7 Å². The Labute approximate surface area is 132 Å². The Bertz CT molecular complexity index is 717. The molecule has 0 saturated carbocycles. The Morgan fingerprint density at radius 1 is 1.36 bits per heavy atom. The van der Waals surface area contributed by atoms with E-state index in [1.807, 2.05) is 19.9 Å². The zero-order chi connectivity index (χ0) is 16.4. The van der Waals surface area contributed by atoms with Crippen LogP contribution >= 0.6 is 11.3 Å². The summed E-state index contributed by atoms with van der Waals surface area (Å²) < 4.78 is 10.1. The van der Waals surface area contributed by atoms with Crippen LogP contribution in [0.25, 0.3) is 0 Å². The predicted molar refractivity (Wildman–Crippen MR) is 83.4 cm³/mol. The third-order valence-corrected chi connectivity index (χ3v) is 4.39. The lowest BCUT2D eigenvalue weighted by atomic mass is 10.0. The molecule has 1 amide bonds. The first-order valence-electron chi connectivity index (χ1n) is 6.77. The quantitative estimate of drug-likeness (QED) is 0.874. The van der Waals surface area contributed by atoms with Crippen LogP contribution in [0.3, 0.4) is 0 Å². The van der Waals surface area contributed by atoms with E-state index in [-0.39, 0.29) is 11.8 Å². The van der Waals surface area contributed by atoms with E-state index in [2.05, 4.69) is 15.0 Å².